The Morgan fingerprint density at radius 3 is 2.43 bits per heavy atom. The molecule has 12 heteroatoms. The fourth-order valence-corrected chi connectivity index (χ4v) is 8.65. The average molecular weight is 563 g/mol. The summed E-state index contributed by atoms with van der Waals surface area (Å²) in [4.78, 5) is 0. The predicted molar refractivity (Wildman–Crippen MR) is 123 cm³/mol. The van der Waals surface area contributed by atoms with Crippen LogP contribution in [0, 0.1) is 22.2 Å². The average Bonchev–Trinajstić information content (AvgIpc) is 3.25. The number of benzene rings is 2. The van der Waals surface area contributed by atoms with Crippen molar-refractivity contribution in [1.29, 1.82) is 5.26 Å². The van der Waals surface area contributed by atoms with Gasteiger partial charge in [-0.05, 0) is 71.8 Å². The number of rotatable bonds is 4. The Kier molecular flexibility index (Phi) is 5.94. The molecule has 2 aromatic carbocycles. The van der Waals surface area contributed by atoms with Crippen LogP contribution in [-0.4, -0.2) is 31.2 Å². The van der Waals surface area contributed by atoms with Crippen molar-refractivity contribution < 1.29 is 34.8 Å². The van der Waals surface area contributed by atoms with Crippen LogP contribution in [0.1, 0.15) is 53.1 Å². The van der Waals surface area contributed by atoms with E-state index in [1.165, 1.54) is 24.3 Å². The molecule has 1 unspecified atom stereocenters. The van der Waals surface area contributed by atoms with Gasteiger partial charge < -0.3 is 0 Å². The Morgan fingerprint density at radius 2 is 1.78 bits per heavy atom. The van der Waals surface area contributed by atoms with Crippen LogP contribution in [0.5, 0.6) is 0 Å². The van der Waals surface area contributed by atoms with E-state index in [0.717, 1.165) is 10.4 Å². The Balaban J connectivity index is 1.66. The van der Waals surface area contributed by atoms with Crippen molar-refractivity contribution in [3.8, 4) is 6.07 Å². The van der Waals surface area contributed by atoms with E-state index in [4.69, 9.17) is 11.6 Å². The number of nitrogens with zero attached hydrogens (tertiary/aromatic N) is 2. The zero-order valence-electron chi connectivity index (χ0n) is 19.3. The van der Waals surface area contributed by atoms with Gasteiger partial charge in [0, 0.05) is 6.54 Å². The van der Waals surface area contributed by atoms with Crippen LogP contribution in [0.15, 0.2) is 36.4 Å². The Labute approximate surface area is 214 Å². The third-order valence-electron chi connectivity index (χ3n) is 8.27. The molecule has 0 N–H and O–H groups in total. The second kappa shape index (κ2) is 8.35. The first kappa shape index (κ1) is 26.3. The summed E-state index contributed by atoms with van der Waals surface area (Å²) in [6.07, 6.45) is -8.27. The lowest BCUT2D eigenvalue weighted by atomic mass is 9.79. The van der Waals surface area contributed by atoms with Crippen molar-refractivity contribution in [1.82, 2.24) is 4.31 Å². The maximum Gasteiger partial charge on any atom is 0.416 e. The summed E-state index contributed by atoms with van der Waals surface area (Å²) in [5.41, 5.74) is -1.42. The van der Waals surface area contributed by atoms with Gasteiger partial charge in [-0.2, -0.15) is 35.9 Å². The smallest absolute Gasteiger partial charge is 0.212 e. The van der Waals surface area contributed by atoms with E-state index in [0.29, 0.717) is 30.4 Å². The van der Waals surface area contributed by atoms with Gasteiger partial charge in [0.1, 0.15) is 6.07 Å². The Morgan fingerprint density at radius 1 is 1.08 bits per heavy atom. The topological polar surface area (TPSA) is 61.2 Å². The number of hydrogen-bond donors (Lipinski definition) is 0. The maximum absolute atomic E-state index is 13.8. The van der Waals surface area contributed by atoms with Gasteiger partial charge in [0.25, 0.3) is 0 Å². The van der Waals surface area contributed by atoms with Crippen LogP contribution in [0.25, 0.3) is 0 Å². The molecule has 37 heavy (non-hydrogen) atoms. The minimum atomic E-state index is -4.98. The van der Waals surface area contributed by atoms with E-state index < -0.39 is 50.6 Å². The Hall–Kier alpha value is -2.29. The summed E-state index contributed by atoms with van der Waals surface area (Å²) in [6, 6.07) is 9.10. The number of halogens is 7. The molecule has 2 fully saturated rings. The molecule has 4 nitrogen and oxygen atoms in total. The molecule has 0 radical (unpaired) electrons. The molecule has 2 aliphatic carbocycles. The summed E-state index contributed by atoms with van der Waals surface area (Å²) >= 11 is 6.57. The number of aryl methyl sites for hydroxylation is 1. The van der Waals surface area contributed by atoms with Crippen LogP contribution < -0.4 is 0 Å². The molecule has 5 rings (SSSR count). The van der Waals surface area contributed by atoms with Crippen molar-refractivity contribution in [3.63, 3.8) is 0 Å². The zero-order chi connectivity index (χ0) is 27.0. The summed E-state index contributed by atoms with van der Waals surface area (Å²) < 4.78 is 108. The molecule has 1 spiro atoms. The van der Waals surface area contributed by atoms with Gasteiger partial charge in [0.05, 0.1) is 22.2 Å². The number of hydrogen-bond acceptors (Lipinski definition) is 3. The lowest BCUT2D eigenvalue weighted by Crippen LogP contribution is -2.39. The van der Waals surface area contributed by atoms with Gasteiger partial charge in [0.15, 0.2) is 5.75 Å². The molecule has 0 amide bonds. The molecular weight excluding hydrogens is 542 g/mol. The number of nitriles is 1. The SMILES string of the molecule is N#Cc1ccc2c(c1Cl)[C@H]1N(S(=O)(=O)CC(F)(F)F)CC[C@]13CC3(Cc1ccccc1C(F)(F)F)CC2. The quantitative estimate of drug-likeness (QED) is 0.403. The van der Waals surface area contributed by atoms with Crippen LogP contribution in [0.4, 0.5) is 26.3 Å². The van der Waals surface area contributed by atoms with Gasteiger partial charge in [-0.25, -0.2) is 8.42 Å². The molecule has 1 heterocycles. The van der Waals surface area contributed by atoms with Crippen molar-refractivity contribution >= 4 is 21.6 Å². The molecule has 3 aliphatic rings. The van der Waals surface area contributed by atoms with E-state index in [1.54, 1.807) is 6.07 Å². The predicted octanol–water partition coefficient (Wildman–Crippen LogP) is 6.43. The summed E-state index contributed by atoms with van der Waals surface area (Å²) in [6.45, 7) is -0.210. The monoisotopic (exact) mass is 562 g/mol. The first-order valence-electron chi connectivity index (χ1n) is 11.6. The second-order valence-electron chi connectivity index (χ2n) is 10.2. The van der Waals surface area contributed by atoms with Gasteiger partial charge in [0.2, 0.25) is 10.0 Å². The molecule has 0 bridgehead atoms. The lowest BCUT2D eigenvalue weighted by Gasteiger charge is -2.32. The molecule has 1 saturated carbocycles. The zero-order valence-corrected chi connectivity index (χ0v) is 20.8. The highest BCUT2D eigenvalue weighted by molar-refractivity contribution is 7.89. The highest BCUT2D eigenvalue weighted by Crippen LogP contribution is 2.79. The normalized spacial score (nSPS) is 27.6. The maximum atomic E-state index is 13.8. The summed E-state index contributed by atoms with van der Waals surface area (Å²) in [5.74, 6) is -2.05. The van der Waals surface area contributed by atoms with Gasteiger partial charge in [-0.15, -0.1) is 0 Å². The van der Waals surface area contributed by atoms with Gasteiger partial charge >= 0.3 is 12.4 Å². The number of fused-ring (bicyclic) bond motifs is 2. The molecule has 1 aliphatic heterocycles. The molecule has 1 saturated heterocycles. The van der Waals surface area contributed by atoms with Crippen LogP contribution in [0.2, 0.25) is 5.02 Å². The fourth-order valence-electron chi connectivity index (χ4n) is 6.75. The fraction of sp³-hybridized carbons (Fsp3) is 0.480. The highest BCUT2D eigenvalue weighted by Gasteiger charge is 2.75. The largest absolute Gasteiger partial charge is 0.416 e. The van der Waals surface area contributed by atoms with Crippen LogP contribution >= 0.6 is 11.6 Å². The number of alkyl halides is 6. The van der Waals surface area contributed by atoms with Crippen LogP contribution in [0.3, 0.4) is 0 Å². The third kappa shape index (κ3) is 4.21. The minimum Gasteiger partial charge on any atom is -0.212 e. The van der Waals surface area contributed by atoms with Crippen molar-refractivity contribution in [2.45, 2.75) is 50.5 Å². The van der Waals surface area contributed by atoms with E-state index in [9.17, 15) is 40.0 Å². The van der Waals surface area contributed by atoms with E-state index in [-0.39, 0.29) is 35.5 Å². The molecule has 198 valence electrons. The first-order valence-corrected chi connectivity index (χ1v) is 13.6. The summed E-state index contributed by atoms with van der Waals surface area (Å²) in [7, 11) is -4.84. The van der Waals surface area contributed by atoms with Crippen LogP contribution in [-0.2, 0) is 29.0 Å². The molecule has 2 aromatic rings. The molecule has 3 atom stereocenters. The highest BCUT2D eigenvalue weighted by atomic mass is 35.5. The van der Waals surface area contributed by atoms with E-state index >= 15 is 0 Å². The summed E-state index contributed by atoms with van der Waals surface area (Å²) in [5, 5.41) is 9.50. The minimum absolute atomic E-state index is 0.00303. The van der Waals surface area contributed by atoms with E-state index in [1.807, 2.05) is 6.07 Å². The van der Waals surface area contributed by atoms with Gasteiger partial charge in [-0.3, -0.25) is 0 Å². The van der Waals surface area contributed by atoms with Crippen molar-refractivity contribution in [2.24, 2.45) is 10.8 Å². The first-order chi connectivity index (χ1) is 17.1. The third-order valence-corrected chi connectivity index (χ3v) is 10.5. The second-order valence-corrected chi connectivity index (χ2v) is 12.5. The van der Waals surface area contributed by atoms with E-state index in [2.05, 4.69) is 0 Å². The standard InChI is InChI=1S/C25H21ClF6N2O2S/c26-20-17(12-33)6-5-15-7-8-22(11-16-3-1-2-4-18(16)25(30,31)32)13-23(22)9-10-34(21(23)19(15)20)37(35,36)14-24(27,28)29/h1-6,21H,7-11,13-14H2/t21-,22?,23+/m1/s1. The molecule has 0 aromatic heterocycles. The Bertz CT molecular complexity index is 1420. The number of sulfonamides is 1. The molecular formula is C25H21ClF6N2O2S. The van der Waals surface area contributed by atoms with Crippen molar-refractivity contribution in [3.05, 3.63) is 69.2 Å². The van der Waals surface area contributed by atoms with Gasteiger partial charge in [-0.1, -0.05) is 35.9 Å². The lowest BCUT2D eigenvalue weighted by molar-refractivity contribution is -0.138. The van der Waals surface area contributed by atoms with Crippen molar-refractivity contribution in [2.75, 3.05) is 12.3 Å².